The number of rotatable bonds is 17. The maximum absolute atomic E-state index is 13.5. The van der Waals surface area contributed by atoms with Crippen LogP contribution in [0.2, 0.25) is 0 Å². The summed E-state index contributed by atoms with van der Waals surface area (Å²) in [6.07, 6.45) is 0.644. The van der Waals surface area contributed by atoms with E-state index in [-0.39, 0.29) is 31.1 Å². The Morgan fingerprint density at radius 2 is 1.27 bits per heavy atom. The largest absolute Gasteiger partial charge is 0.508 e. The monoisotopic (exact) mass is 659 g/mol. The number of hydrogen-bond acceptors (Lipinski definition) is 8. The van der Waals surface area contributed by atoms with Crippen molar-refractivity contribution in [2.24, 2.45) is 11.7 Å². The summed E-state index contributed by atoms with van der Waals surface area (Å²) in [5.74, 6) is -2.85. The van der Waals surface area contributed by atoms with E-state index in [0.29, 0.717) is 6.42 Å². The van der Waals surface area contributed by atoms with Crippen molar-refractivity contribution in [1.29, 1.82) is 0 Å². The fourth-order valence-corrected chi connectivity index (χ4v) is 4.78. The normalized spacial score (nSPS) is 13.4. The van der Waals surface area contributed by atoms with Gasteiger partial charge in [-0.1, -0.05) is 86.6 Å². The zero-order chi connectivity index (χ0) is 35.1. The van der Waals surface area contributed by atoms with E-state index in [1.54, 1.807) is 24.3 Å². The van der Waals surface area contributed by atoms with Gasteiger partial charge in [-0.3, -0.25) is 19.2 Å². The van der Waals surface area contributed by atoms with Crippen LogP contribution in [0.5, 0.6) is 5.75 Å². The van der Waals surface area contributed by atoms with Gasteiger partial charge in [0, 0.05) is 6.42 Å². The number of amides is 4. The van der Waals surface area contributed by atoms with E-state index >= 15 is 0 Å². The average molecular weight is 660 g/mol. The molecule has 0 spiro atoms. The highest BCUT2D eigenvalue weighted by molar-refractivity contribution is 5.94. The van der Waals surface area contributed by atoms with Crippen LogP contribution in [0.4, 0.5) is 0 Å². The lowest BCUT2D eigenvalue weighted by molar-refractivity contribution is -0.149. The van der Waals surface area contributed by atoms with Crippen LogP contribution in [-0.2, 0) is 48.2 Å². The lowest BCUT2D eigenvalue weighted by Crippen LogP contribution is -2.55. The van der Waals surface area contributed by atoms with Gasteiger partial charge in [0.05, 0.1) is 12.6 Å². The summed E-state index contributed by atoms with van der Waals surface area (Å²) in [6, 6.07) is 20.6. The molecule has 12 nitrogen and oxygen atoms in total. The lowest BCUT2D eigenvalue weighted by atomic mass is 10.0. The number of phenols is 1. The number of carbonyl (C=O) groups is 5. The Bertz CT molecular complexity index is 1500. The second-order valence-corrected chi connectivity index (χ2v) is 12.0. The third kappa shape index (κ3) is 12.9. The molecule has 3 rings (SSSR count). The number of ether oxygens (including phenoxy) is 1. The molecule has 48 heavy (non-hydrogen) atoms. The van der Waals surface area contributed by atoms with Crippen LogP contribution in [0.15, 0.2) is 84.9 Å². The van der Waals surface area contributed by atoms with Crippen molar-refractivity contribution in [1.82, 2.24) is 21.3 Å². The van der Waals surface area contributed by atoms with Crippen molar-refractivity contribution < 1.29 is 33.8 Å². The fraction of sp³-hybridized carbons (Fsp3) is 0.361. The highest BCUT2D eigenvalue weighted by atomic mass is 16.5. The number of nitrogens with two attached hydrogens (primary N) is 1. The molecule has 0 fully saturated rings. The molecule has 4 amide bonds. The quantitative estimate of drug-likeness (QED) is 0.119. The van der Waals surface area contributed by atoms with Crippen molar-refractivity contribution in [3.8, 4) is 5.75 Å². The van der Waals surface area contributed by atoms with Crippen molar-refractivity contribution in [3.63, 3.8) is 0 Å². The molecular weight excluding hydrogens is 614 g/mol. The molecule has 7 N–H and O–H groups in total. The molecule has 3 aromatic rings. The summed E-state index contributed by atoms with van der Waals surface area (Å²) in [7, 11) is 0. The van der Waals surface area contributed by atoms with Crippen LogP contribution in [0, 0.1) is 5.92 Å². The highest BCUT2D eigenvalue weighted by Gasteiger charge is 2.29. The molecule has 0 aliphatic rings. The summed E-state index contributed by atoms with van der Waals surface area (Å²) < 4.78 is 5.50. The van der Waals surface area contributed by atoms with E-state index in [2.05, 4.69) is 21.3 Å². The summed E-state index contributed by atoms with van der Waals surface area (Å²) in [4.78, 5) is 64.8. The predicted molar refractivity (Wildman–Crippen MR) is 180 cm³/mol. The van der Waals surface area contributed by atoms with Gasteiger partial charge in [0.2, 0.25) is 23.6 Å². The van der Waals surface area contributed by atoms with Gasteiger partial charge in [-0.25, -0.2) is 4.79 Å². The van der Waals surface area contributed by atoms with Crippen LogP contribution >= 0.6 is 0 Å². The predicted octanol–water partition coefficient (Wildman–Crippen LogP) is 1.88. The Morgan fingerprint density at radius 1 is 0.688 bits per heavy atom. The van der Waals surface area contributed by atoms with Gasteiger partial charge < -0.3 is 36.8 Å². The summed E-state index contributed by atoms with van der Waals surface area (Å²) in [6.45, 7) is 4.88. The minimum Gasteiger partial charge on any atom is -0.508 e. The molecule has 0 bridgehead atoms. The van der Waals surface area contributed by atoms with Crippen LogP contribution < -0.4 is 27.0 Å². The van der Waals surface area contributed by atoms with Crippen LogP contribution in [0.3, 0.4) is 0 Å². The smallest absolute Gasteiger partial charge is 0.328 e. The molecule has 0 unspecified atom stereocenters. The van der Waals surface area contributed by atoms with E-state index < -0.39 is 60.3 Å². The standard InChI is InChI=1S/C36H45N5O7/c1-23(2)18-31(36(47)48-22-27-12-8-5-9-13-27)41-35(46)30(20-25-10-6-4-7-11-25)40-32(43)21-38-33(44)24(3)39-34(45)29(37)19-26-14-16-28(42)17-15-26/h4-17,23-24,29-31,42H,18-22,37H2,1-3H3,(H,38,44)(H,39,45)(H,40,43)(H,41,46)/t24-,29-,30-,31+/m1/s1. The molecule has 0 aromatic heterocycles. The van der Waals surface area contributed by atoms with Gasteiger partial charge in [0.15, 0.2) is 0 Å². The molecule has 0 aliphatic heterocycles. The molecule has 12 heteroatoms. The summed E-state index contributed by atoms with van der Waals surface area (Å²) in [5, 5.41) is 19.8. The second kappa shape index (κ2) is 18.8. The zero-order valence-corrected chi connectivity index (χ0v) is 27.5. The number of hydrogen-bond donors (Lipinski definition) is 6. The first kappa shape index (κ1) is 37.2. The molecule has 0 saturated heterocycles. The minimum absolute atomic E-state index is 0.0528. The van der Waals surface area contributed by atoms with Gasteiger partial charge in [0.25, 0.3) is 0 Å². The Morgan fingerprint density at radius 3 is 1.88 bits per heavy atom. The summed E-state index contributed by atoms with van der Waals surface area (Å²) >= 11 is 0. The number of phenolic OH excluding ortho intramolecular Hbond substituents is 1. The third-order valence-corrected chi connectivity index (χ3v) is 7.37. The average Bonchev–Trinajstić information content (AvgIpc) is 3.07. The third-order valence-electron chi connectivity index (χ3n) is 7.37. The molecule has 4 atom stereocenters. The number of carbonyl (C=O) groups excluding carboxylic acids is 5. The van der Waals surface area contributed by atoms with Crippen LogP contribution in [-0.4, -0.2) is 65.4 Å². The number of esters is 1. The van der Waals surface area contributed by atoms with Crippen molar-refractivity contribution in [2.45, 2.75) is 70.8 Å². The number of benzene rings is 3. The van der Waals surface area contributed by atoms with Crippen molar-refractivity contribution in [2.75, 3.05) is 6.54 Å². The van der Waals surface area contributed by atoms with Crippen molar-refractivity contribution in [3.05, 3.63) is 102 Å². The van der Waals surface area contributed by atoms with E-state index in [4.69, 9.17) is 10.5 Å². The van der Waals surface area contributed by atoms with Gasteiger partial charge in [-0.15, -0.1) is 0 Å². The second-order valence-electron chi connectivity index (χ2n) is 12.0. The molecule has 256 valence electrons. The van der Waals surface area contributed by atoms with Crippen molar-refractivity contribution >= 4 is 29.6 Å². The van der Waals surface area contributed by atoms with E-state index in [9.17, 15) is 29.1 Å². The van der Waals surface area contributed by atoms with E-state index in [1.807, 2.05) is 62.4 Å². The topological polar surface area (TPSA) is 189 Å². The zero-order valence-electron chi connectivity index (χ0n) is 27.5. The lowest BCUT2D eigenvalue weighted by Gasteiger charge is -2.24. The summed E-state index contributed by atoms with van der Waals surface area (Å²) in [5.41, 5.74) is 8.30. The maximum atomic E-state index is 13.5. The van der Waals surface area contributed by atoms with Gasteiger partial charge >= 0.3 is 5.97 Å². The van der Waals surface area contributed by atoms with E-state index in [0.717, 1.165) is 16.7 Å². The molecule has 0 saturated carbocycles. The molecule has 3 aromatic carbocycles. The Kier molecular flexibility index (Phi) is 14.6. The Labute approximate surface area is 280 Å². The number of aromatic hydroxyl groups is 1. The first-order valence-corrected chi connectivity index (χ1v) is 15.9. The maximum Gasteiger partial charge on any atom is 0.328 e. The van der Waals surface area contributed by atoms with Crippen LogP contribution in [0.25, 0.3) is 0 Å². The van der Waals surface area contributed by atoms with Gasteiger partial charge in [-0.05, 0) is 54.5 Å². The molecule has 0 heterocycles. The fourth-order valence-electron chi connectivity index (χ4n) is 4.78. The Balaban J connectivity index is 1.58. The van der Waals surface area contributed by atoms with Gasteiger partial charge in [0.1, 0.15) is 30.5 Å². The minimum atomic E-state index is -1.07. The molecule has 0 radical (unpaired) electrons. The SMILES string of the molecule is CC(C)C[C@H](NC(=O)[C@@H](Cc1ccccc1)NC(=O)CNC(=O)[C@@H](C)NC(=O)[C@H](N)Cc1ccc(O)cc1)C(=O)OCc1ccccc1. The Hall–Kier alpha value is -5.23. The van der Waals surface area contributed by atoms with Gasteiger partial charge in [-0.2, -0.15) is 0 Å². The van der Waals surface area contributed by atoms with Crippen LogP contribution in [0.1, 0.15) is 43.9 Å². The number of nitrogens with one attached hydrogen (secondary N) is 4. The first-order valence-electron chi connectivity index (χ1n) is 15.9. The van der Waals surface area contributed by atoms with E-state index in [1.165, 1.54) is 19.1 Å². The first-order chi connectivity index (χ1) is 22.9. The molecular formula is C36H45N5O7. The molecule has 0 aliphatic carbocycles. The highest BCUT2D eigenvalue weighted by Crippen LogP contribution is 2.12.